The lowest BCUT2D eigenvalue weighted by atomic mass is 10.2. The Hall–Kier alpha value is -2.14. The van der Waals surface area contributed by atoms with Gasteiger partial charge < -0.3 is 4.74 Å². The minimum Gasteiger partial charge on any atom is -0.488 e. The molecule has 0 atom stereocenters. The summed E-state index contributed by atoms with van der Waals surface area (Å²) < 4.78 is 43.5. The van der Waals surface area contributed by atoms with Crippen molar-refractivity contribution in [1.29, 1.82) is 0 Å². The third-order valence-electron chi connectivity index (χ3n) is 3.08. The average Bonchev–Trinajstić information content (AvgIpc) is 2.71. The summed E-state index contributed by atoms with van der Waals surface area (Å²) in [5.41, 5.74) is 0.110. The van der Waals surface area contributed by atoms with Gasteiger partial charge in [0.1, 0.15) is 18.2 Å². The van der Waals surface area contributed by atoms with Crippen LogP contribution < -0.4 is 4.74 Å². The van der Waals surface area contributed by atoms with E-state index in [1.807, 2.05) is 6.07 Å². The van der Waals surface area contributed by atoms with Crippen LogP contribution in [0.15, 0.2) is 58.3 Å². The molecule has 1 aliphatic heterocycles. The molecule has 3 nitrogen and oxygen atoms in total. The number of ether oxygens (including phenoxy) is 1. The van der Waals surface area contributed by atoms with Gasteiger partial charge in [-0.3, -0.25) is 0 Å². The van der Waals surface area contributed by atoms with Gasteiger partial charge in [0.2, 0.25) is 9.84 Å². The fraction of sp³-hybridized carbons (Fsp3) is 0.0667. The first-order valence-corrected chi connectivity index (χ1v) is 7.49. The van der Waals surface area contributed by atoms with Crippen LogP contribution >= 0.6 is 0 Å². The summed E-state index contributed by atoms with van der Waals surface area (Å²) in [6, 6.07) is 12.9. The molecule has 0 amide bonds. The largest absolute Gasteiger partial charge is 0.488 e. The fourth-order valence-corrected chi connectivity index (χ4v) is 3.54. The molecule has 0 radical (unpaired) electrons. The summed E-state index contributed by atoms with van der Waals surface area (Å²) in [6.45, 7) is -0.111. The molecular weight excluding hydrogens is 279 g/mol. The second-order valence-electron chi connectivity index (χ2n) is 4.37. The van der Waals surface area contributed by atoms with Gasteiger partial charge in [-0.2, -0.15) is 0 Å². The van der Waals surface area contributed by atoms with Crippen molar-refractivity contribution in [1.82, 2.24) is 0 Å². The Morgan fingerprint density at radius 2 is 1.75 bits per heavy atom. The molecule has 2 aromatic carbocycles. The molecule has 0 spiro atoms. The number of fused-ring (bicyclic) bond motifs is 1. The maximum atomic E-state index is 13.6. The SMILES string of the molecule is O=S1(=O)C(COc2ccccc2)=Cc2c(F)cccc21. The van der Waals surface area contributed by atoms with Crippen molar-refractivity contribution in [2.24, 2.45) is 0 Å². The molecule has 0 bridgehead atoms. The van der Waals surface area contributed by atoms with Gasteiger partial charge in [0.05, 0.1) is 9.80 Å². The zero-order chi connectivity index (χ0) is 14.2. The molecule has 102 valence electrons. The highest BCUT2D eigenvalue weighted by Crippen LogP contribution is 2.34. The van der Waals surface area contributed by atoms with Crippen LogP contribution in [0.5, 0.6) is 5.75 Å². The van der Waals surface area contributed by atoms with Crippen LogP contribution in [0.25, 0.3) is 6.08 Å². The van der Waals surface area contributed by atoms with Crippen molar-refractivity contribution in [3.63, 3.8) is 0 Å². The van der Waals surface area contributed by atoms with Gasteiger partial charge >= 0.3 is 0 Å². The molecule has 0 aliphatic carbocycles. The Morgan fingerprint density at radius 3 is 2.45 bits per heavy atom. The minimum absolute atomic E-state index is 0.00385. The Kier molecular flexibility index (Phi) is 3.06. The van der Waals surface area contributed by atoms with Crippen LogP contribution in [0.1, 0.15) is 5.56 Å². The summed E-state index contributed by atoms with van der Waals surface area (Å²) in [4.78, 5) is 0.0746. The predicted octanol–water partition coefficient (Wildman–Crippen LogP) is 3.03. The molecule has 1 heterocycles. The monoisotopic (exact) mass is 290 g/mol. The summed E-state index contributed by atoms with van der Waals surface area (Å²) >= 11 is 0. The number of sulfone groups is 1. The molecule has 2 aromatic rings. The highest BCUT2D eigenvalue weighted by Gasteiger charge is 2.31. The number of hydrogen-bond donors (Lipinski definition) is 0. The third-order valence-corrected chi connectivity index (χ3v) is 4.94. The van der Waals surface area contributed by atoms with E-state index < -0.39 is 15.7 Å². The Bertz CT molecular complexity index is 780. The van der Waals surface area contributed by atoms with Gasteiger partial charge in [0.25, 0.3) is 0 Å². The van der Waals surface area contributed by atoms with Gasteiger partial charge in [-0.1, -0.05) is 24.3 Å². The molecule has 0 saturated carbocycles. The van der Waals surface area contributed by atoms with E-state index in [1.54, 1.807) is 24.3 Å². The Balaban J connectivity index is 1.89. The smallest absolute Gasteiger partial charge is 0.206 e. The number of para-hydroxylation sites is 1. The normalized spacial score (nSPS) is 15.6. The van der Waals surface area contributed by atoms with Crippen LogP contribution in [-0.2, 0) is 9.84 Å². The Morgan fingerprint density at radius 1 is 1.00 bits per heavy atom. The van der Waals surface area contributed by atoms with E-state index in [-0.39, 0.29) is 22.0 Å². The van der Waals surface area contributed by atoms with Gasteiger partial charge in [-0.25, -0.2) is 12.8 Å². The molecule has 0 fully saturated rings. The number of halogens is 1. The molecule has 0 saturated heterocycles. The van der Waals surface area contributed by atoms with Crippen molar-refractivity contribution in [2.75, 3.05) is 6.61 Å². The van der Waals surface area contributed by atoms with Gasteiger partial charge in [-0.15, -0.1) is 0 Å². The highest BCUT2D eigenvalue weighted by atomic mass is 32.2. The topological polar surface area (TPSA) is 43.4 Å². The first-order chi connectivity index (χ1) is 9.59. The minimum atomic E-state index is -3.64. The van der Waals surface area contributed by atoms with E-state index in [4.69, 9.17) is 4.74 Å². The fourth-order valence-electron chi connectivity index (χ4n) is 2.06. The third kappa shape index (κ3) is 2.10. The maximum Gasteiger partial charge on any atom is 0.206 e. The predicted molar refractivity (Wildman–Crippen MR) is 73.5 cm³/mol. The molecule has 0 N–H and O–H groups in total. The number of hydrogen-bond acceptors (Lipinski definition) is 3. The van der Waals surface area contributed by atoms with Gasteiger partial charge in [0, 0.05) is 5.56 Å². The van der Waals surface area contributed by atoms with Crippen molar-refractivity contribution in [2.45, 2.75) is 4.90 Å². The molecule has 0 aromatic heterocycles. The molecule has 3 rings (SSSR count). The van der Waals surface area contributed by atoms with Crippen molar-refractivity contribution >= 4 is 15.9 Å². The standard InChI is InChI=1S/C15H11FO3S/c16-14-7-4-8-15-13(14)9-12(20(15,17)18)10-19-11-5-2-1-3-6-11/h1-9H,10H2. The molecular formula is C15H11FO3S. The van der Waals surface area contributed by atoms with Gasteiger partial charge in [-0.05, 0) is 30.3 Å². The van der Waals surface area contributed by atoms with E-state index in [0.29, 0.717) is 5.75 Å². The first-order valence-electron chi connectivity index (χ1n) is 6.01. The number of benzene rings is 2. The summed E-state index contributed by atoms with van der Waals surface area (Å²) in [7, 11) is -3.64. The zero-order valence-electron chi connectivity index (χ0n) is 10.4. The highest BCUT2D eigenvalue weighted by molar-refractivity contribution is 7.95. The van der Waals surface area contributed by atoms with E-state index in [2.05, 4.69) is 0 Å². The summed E-state index contributed by atoms with van der Waals surface area (Å²) in [5, 5.41) is 0. The van der Waals surface area contributed by atoms with E-state index >= 15 is 0 Å². The lowest BCUT2D eigenvalue weighted by Gasteiger charge is -2.07. The molecule has 0 unspecified atom stereocenters. The van der Waals surface area contributed by atoms with Crippen molar-refractivity contribution < 1.29 is 17.5 Å². The van der Waals surface area contributed by atoms with Gasteiger partial charge in [0.15, 0.2) is 0 Å². The summed E-state index contributed by atoms with van der Waals surface area (Å²) in [6.07, 6.45) is 1.34. The Labute approximate surface area is 116 Å². The van der Waals surface area contributed by atoms with Crippen LogP contribution in [0.3, 0.4) is 0 Å². The van der Waals surface area contributed by atoms with Crippen LogP contribution in [0.2, 0.25) is 0 Å². The number of rotatable bonds is 3. The van der Waals surface area contributed by atoms with E-state index in [9.17, 15) is 12.8 Å². The molecule has 1 aliphatic rings. The lowest BCUT2D eigenvalue weighted by molar-refractivity contribution is 0.359. The van der Waals surface area contributed by atoms with E-state index in [1.165, 1.54) is 24.3 Å². The van der Waals surface area contributed by atoms with Crippen LogP contribution in [0.4, 0.5) is 4.39 Å². The average molecular weight is 290 g/mol. The van der Waals surface area contributed by atoms with Crippen LogP contribution in [-0.4, -0.2) is 15.0 Å². The second-order valence-corrected chi connectivity index (χ2v) is 6.34. The zero-order valence-corrected chi connectivity index (χ0v) is 11.2. The van der Waals surface area contributed by atoms with E-state index in [0.717, 1.165) is 0 Å². The quantitative estimate of drug-likeness (QED) is 0.872. The van der Waals surface area contributed by atoms with Crippen molar-refractivity contribution in [3.05, 3.63) is 64.8 Å². The maximum absolute atomic E-state index is 13.6. The molecule has 5 heteroatoms. The summed E-state index contributed by atoms with van der Waals surface area (Å²) in [5.74, 6) is 0.0285. The molecule has 20 heavy (non-hydrogen) atoms. The van der Waals surface area contributed by atoms with Crippen LogP contribution in [0, 0.1) is 5.82 Å². The lowest BCUT2D eigenvalue weighted by Crippen LogP contribution is -2.08. The van der Waals surface area contributed by atoms with Crippen molar-refractivity contribution in [3.8, 4) is 5.75 Å². The second kappa shape index (κ2) is 4.76. The first kappa shape index (κ1) is 12.9.